The highest BCUT2D eigenvalue weighted by atomic mass is 16.4. The Bertz CT molecular complexity index is 531. The third kappa shape index (κ3) is 3.95. The molecule has 1 aliphatic carbocycles. The van der Waals surface area contributed by atoms with Crippen LogP contribution in [-0.2, 0) is 0 Å². The molecule has 1 aliphatic rings. The fraction of sp³-hybridized carbons (Fsp3) is 0.467. The lowest BCUT2D eigenvalue weighted by molar-refractivity contribution is 0.0819. The first kappa shape index (κ1) is 15.3. The maximum atomic E-state index is 12.3. The molecule has 114 valence electrons. The molecule has 1 amide bonds. The molecule has 2 atom stereocenters. The number of benzene rings is 1. The van der Waals surface area contributed by atoms with E-state index in [4.69, 9.17) is 10.9 Å². The number of carbonyl (C=O) groups is 1. The molecule has 2 rings (SSSR count). The van der Waals surface area contributed by atoms with Crippen LogP contribution in [-0.4, -0.2) is 34.2 Å². The van der Waals surface area contributed by atoms with E-state index in [0.29, 0.717) is 11.1 Å². The molecule has 1 aromatic rings. The van der Waals surface area contributed by atoms with E-state index in [1.807, 2.05) is 0 Å². The zero-order valence-corrected chi connectivity index (χ0v) is 11.8. The summed E-state index contributed by atoms with van der Waals surface area (Å²) in [6.45, 7) is 0. The van der Waals surface area contributed by atoms with Crippen LogP contribution in [0, 0.1) is 0 Å². The van der Waals surface area contributed by atoms with Crippen LogP contribution >= 0.6 is 0 Å². The molecule has 0 heterocycles. The molecule has 1 saturated carbocycles. The summed E-state index contributed by atoms with van der Waals surface area (Å²) in [5, 5.41) is 24.5. The first-order valence-corrected chi connectivity index (χ1v) is 7.18. The molecule has 0 saturated heterocycles. The standard InChI is InChI=1S/C15H21N3O3/c16-14(18-21)10-5-4-6-11(9-10)15(20)17-12-7-2-1-3-8-13(12)19/h4-6,9,12-13,19,21H,1-3,7-8H2,(H2,16,18)(H,17,20). The number of amidine groups is 1. The first-order valence-electron chi connectivity index (χ1n) is 7.18. The minimum Gasteiger partial charge on any atom is -0.409 e. The fourth-order valence-electron chi connectivity index (χ4n) is 2.59. The van der Waals surface area contributed by atoms with Crippen LogP contribution in [0.3, 0.4) is 0 Å². The molecule has 0 aliphatic heterocycles. The Hall–Kier alpha value is -2.08. The Kier molecular flexibility index (Phi) is 5.16. The summed E-state index contributed by atoms with van der Waals surface area (Å²) in [6.07, 6.45) is 4.09. The van der Waals surface area contributed by atoms with Crippen LogP contribution in [0.4, 0.5) is 0 Å². The molecule has 6 nitrogen and oxygen atoms in total. The van der Waals surface area contributed by atoms with Gasteiger partial charge in [-0.05, 0) is 25.0 Å². The van der Waals surface area contributed by atoms with E-state index in [2.05, 4.69) is 10.5 Å². The SMILES string of the molecule is N/C(=N/O)c1cccc(C(=O)NC2CCCCCC2O)c1. The molecule has 0 aromatic heterocycles. The third-order valence-corrected chi connectivity index (χ3v) is 3.82. The number of nitrogens with one attached hydrogen (secondary N) is 1. The van der Waals surface area contributed by atoms with Crippen LogP contribution in [0.1, 0.15) is 48.0 Å². The van der Waals surface area contributed by atoms with Crippen LogP contribution < -0.4 is 11.1 Å². The number of nitrogens with two attached hydrogens (primary N) is 1. The Morgan fingerprint density at radius 1 is 1.24 bits per heavy atom. The average molecular weight is 291 g/mol. The summed E-state index contributed by atoms with van der Waals surface area (Å²) >= 11 is 0. The number of hydrogen-bond donors (Lipinski definition) is 4. The van der Waals surface area contributed by atoms with Crippen LogP contribution in [0.25, 0.3) is 0 Å². The van der Waals surface area contributed by atoms with Gasteiger partial charge in [-0.2, -0.15) is 0 Å². The van der Waals surface area contributed by atoms with Gasteiger partial charge in [0.1, 0.15) is 0 Å². The molecule has 1 aromatic carbocycles. The number of aliphatic hydroxyl groups is 1. The predicted molar refractivity (Wildman–Crippen MR) is 79.3 cm³/mol. The van der Waals surface area contributed by atoms with Crippen molar-refractivity contribution in [3.63, 3.8) is 0 Å². The van der Waals surface area contributed by atoms with Crippen LogP contribution in [0.2, 0.25) is 0 Å². The van der Waals surface area contributed by atoms with E-state index >= 15 is 0 Å². The van der Waals surface area contributed by atoms with Crippen LogP contribution in [0.5, 0.6) is 0 Å². The van der Waals surface area contributed by atoms with Gasteiger partial charge in [0.2, 0.25) is 0 Å². The maximum Gasteiger partial charge on any atom is 0.251 e. The summed E-state index contributed by atoms with van der Waals surface area (Å²) in [5.41, 5.74) is 6.42. The van der Waals surface area contributed by atoms with E-state index in [-0.39, 0.29) is 17.8 Å². The number of carbonyl (C=O) groups excluding carboxylic acids is 1. The lowest BCUT2D eigenvalue weighted by atomic mass is 10.0. The molecule has 0 bridgehead atoms. The Labute approximate surface area is 123 Å². The Morgan fingerprint density at radius 2 is 1.95 bits per heavy atom. The van der Waals surface area contributed by atoms with Crippen molar-refractivity contribution in [1.82, 2.24) is 5.32 Å². The van der Waals surface area contributed by atoms with Gasteiger partial charge in [-0.3, -0.25) is 4.79 Å². The van der Waals surface area contributed by atoms with Crippen molar-refractivity contribution in [2.75, 3.05) is 0 Å². The zero-order chi connectivity index (χ0) is 15.2. The topological polar surface area (TPSA) is 108 Å². The molecular weight excluding hydrogens is 270 g/mol. The number of oxime groups is 1. The zero-order valence-electron chi connectivity index (χ0n) is 11.8. The van der Waals surface area contributed by atoms with Crippen molar-refractivity contribution in [2.45, 2.75) is 44.2 Å². The molecule has 2 unspecified atom stereocenters. The smallest absolute Gasteiger partial charge is 0.251 e. The molecular formula is C15H21N3O3. The fourth-order valence-corrected chi connectivity index (χ4v) is 2.59. The molecule has 0 radical (unpaired) electrons. The number of aliphatic hydroxyl groups excluding tert-OH is 1. The van der Waals surface area contributed by atoms with Gasteiger partial charge in [-0.15, -0.1) is 0 Å². The van der Waals surface area contributed by atoms with Gasteiger partial charge in [0.15, 0.2) is 5.84 Å². The minimum atomic E-state index is -0.497. The number of rotatable bonds is 3. The van der Waals surface area contributed by atoms with E-state index in [1.54, 1.807) is 24.3 Å². The van der Waals surface area contributed by atoms with Gasteiger partial charge < -0.3 is 21.4 Å². The maximum absolute atomic E-state index is 12.3. The normalized spacial score (nSPS) is 23.4. The second-order valence-electron chi connectivity index (χ2n) is 5.35. The summed E-state index contributed by atoms with van der Waals surface area (Å²) in [4.78, 5) is 12.3. The van der Waals surface area contributed by atoms with Gasteiger partial charge >= 0.3 is 0 Å². The predicted octanol–water partition coefficient (Wildman–Crippen LogP) is 1.20. The van der Waals surface area contributed by atoms with Crippen molar-refractivity contribution in [2.24, 2.45) is 10.9 Å². The van der Waals surface area contributed by atoms with Gasteiger partial charge in [0.25, 0.3) is 5.91 Å². The van der Waals surface area contributed by atoms with Gasteiger partial charge in [-0.1, -0.05) is 36.6 Å². The van der Waals surface area contributed by atoms with Crippen molar-refractivity contribution in [1.29, 1.82) is 0 Å². The van der Waals surface area contributed by atoms with E-state index in [0.717, 1.165) is 32.1 Å². The van der Waals surface area contributed by atoms with E-state index in [9.17, 15) is 9.90 Å². The number of hydrogen-bond acceptors (Lipinski definition) is 4. The van der Waals surface area contributed by atoms with Gasteiger partial charge in [0.05, 0.1) is 12.1 Å². The highest BCUT2D eigenvalue weighted by Gasteiger charge is 2.23. The summed E-state index contributed by atoms with van der Waals surface area (Å²) in [7, 11) is 0. The van der Waals surface area contributed by atoms with Gasteiger partial charge in [-0.25, -0.2) is 0 Å². The third-order valence-electron chi connectivity index (χ3n) is 3.82. The van der Waals surface area contributed by atoms with Crippen molar-refractivity contribution in [3.05, 3.63) is 35.4 Å². The second kappa shape index (κ2) is 7.08. The molecule has 0 spiro atoms. The van der Waals surface area contributed by atoms with Crippen molar-refractivity contribution < 1.29 is 15.1 Å². The second-order valence-corrected chi connectivity index (χ2v) is 5.35. The molecule has 6 heteroatoms. The van der Waals surface area contributed by atoms with Crippen molar-refractivity contribution in [3.8, 4) is 0 Å². The Morgan fingerprint density at radius 3 is 2.71 bits per heavy atom. The molecule has 5 N–H and O–H groups in total. The van der Waals surface area contributed by atoms with Gasteiger partial charge in [0, 0.05) is 11.1 Å². The number of amides is 1. The lowest BCUT2D eigenvalue weighted by Crippen LogP contribution is -2.42. The largest absolute Gasteiger partial charge is 0.409 e. The lowest BCUT2D eigenvalue weighted by Gasteiger charge is -2.21. The molecule has 21 heavy (non-hydrogen) atoms. The quantitative estimate of drug-likeness (QED) is 0.221. The minimum absolute atomic E-state index is 0.0425. The highest BCUT2D eigenvalue weighted by molar-refractivity contribution is 6.01. The average Bonchev–Trinajstić information content (AvgIpc) is 2.71. The monoisotopic (exact) mass is 291 g/mol. The van der Waals surface area contributed by atoms with Crippen LogP contribution in [0.15, 0.2) is 29.4 Å². The van der Waals surface area contributed by atoms with E-state index < -0.39 is 6.10 Å². The summed E-state index contributed by atoms with van der Waals surface area (Å²) in [6, 6.07) is 6.34. The summed E-state index contributed by atoms with van der Waals surface area (Å²) < 4.78 is 0. The van der Waals surface area contributed by atoms with Crippen molar-refractivity contribution >= 4 is 11.7 Å². The first-order chi connectivity index (χ1) is 10.1. The number of nitrogens with zero attached hydrogens (tertiary/aromatic N) is 1. The van der Waals surface area contributed by atoms with E-state index in [1.165, 1.54) is 0 Å². The summed E-state index contributed by atoms with van der Waals surface area (Å²) in [5.74, 6) is -0.298. The molecule has 1 fully saturated rings. The Balaban J connectivity index is 2.09. The highest BCUT2D eigenvalue weighted by Crippen LogP contribution is 2.18.